The molecule has 208 valence electrons. The van der Waals surface area contributed by atoms with Crippen molar-refractivity contribution in [2.45, 2.75) is 24.3 Å². The molecule has 0 fully saturated rings. The molecule has 3 N–H and O–H groups in total. The molecule has 11 heteroatoms. The number of hydrogen-bond acceptors (Lipinski definition) is 8. The van der Waals surface area contributed by atoms with Crippen molar-refractivity contribution in [3.8, 4) is 28.5 Å². The second-order valence-corrected chi connectivity index (χ2v) is 12.1. The van der Waals surface area contributed by atoms with Gasteiger partial charge >= 0.3 is 0 Å². The Bertz CT molecular complexity index is 1660. The van der Waals surface area contributed by atoms with Gasteiger partial charge in [0, 0.05) is 43.7 Å². The lowest BCUT2D eigenvalue weighted by molar-refractivity contribution is 0.0767. The Morgan fingerprint density at radius 2 is 1.75 bits per heavy atom. The molecular weight excluding hydrogens is 534 g/mol. The van der Waals surface area contributed by atoms with Crippen LogP contribution in [0.3, 0.4) is 0 Å². The maximum absolute atomic E-state index is 12.9. The second-order valence-electron chi connectivity index (χ2n) is 9.56. The first-order valence-electron chi connectivity index (χ1n) is 12.3. The lowest BCUT2D eigenvalue weighted by atomic mass is 10.0. The smallest absolute Gasteiger partial charge is 0.255 e. The molecule has 40 heavy (non-hydrogen) atoms. The van der Waals surface area contributed by atoms with E-state index < -0.39 is 32.3 Å². The average Bonchev–Trinajstić information content (AvgIpc) is 2.92. The predicted octanol–water partition coefficient (Wildman–Crippen LogP) is 3.52. The number of aromatic hydroxyl groups is 1. The van der Waals surface area contributed by atoms with E-state index in [4.69, 9.17) is 4.74 Å². The summed E-state index contributed by atoms with van der Waals surface area (Å²) in [6.45, 7) is 1.03. The van der Waals surface area contributed by atoms with E-state index in [1.807, 2.05) is 6.07 Å². The number of rotatable bonds is 10. The number of sulfone groups is 1. The number of benzene rings is 2. The van der Waals surface area contributed by atoms with Gasteiger partial charge in [-0.3, -0.25) is 14.2 Å². The normalized spacial score (nSPS) is 13.7. The van der Waals surface area contributed by atoms with Crippen LogP contribution in [0.15, 0.2) is 96.1 Å². The van der Waals surface area contributed by atoms with Gasteiger partial charge in [-0.1, -0.05) is 30.3 Å². The van der Waals surface area contributed by atoms with Crippen molar-refractivity contribution in [3.63, 3.8) is 0 Å². The van der Waals surface area contributed by atoms with E-state index in [1.54, 1.807) is 60.8 Å². The third kappa shape index (κ3) is 6.56. The highest BCUT2D eigenvalue weighted by molar-refractivity contribution is 7.92. The Hall–Kier alpha value is -4.48. The monoisotopic (exact) mass is 563 g/mol. The first-order chi connectivity index (χ1) is 19.0. The number of aromatic nitrogens is 2. The molecule has 2 heterocycles. The summed E-state index contributed by atoms with van der Waals surface area (Å²) in [6.07, 6.45) is 2.16. The number of nitrogens with zero attached hydrogens (tertiary/aromatic N) is 2. The molecule has 0 radical (unpaired) electrons. The second kappa shape index (κ2) is 11.7. The summed E-state index contributed by atoms with van der Waals surface area (Å²) in [6, 6.07) is 21.2. The van der Waals surface area contributed by atoms with Crippen molar-refractivity contribution in [2.24, 2.45) is 0 Å². The van der Waals surface area contributed by atoms with Crippen LogP contribution in [-0.2, 0) is 9.84 Å². The van der Waals surface area contributed by atoms with Gasteiger partial charge in [-0.05, 0) is 54.4 Å². The molecule has 4 rings (SSSR count). The number of nitrogens with one attached hydrogen (secondary N) is 1. The minimum absolute atomic E-state index is 0.0120. The zero-order valence-electron chi connectivity index (χ0n) is 21.9. The zero-order chi connectivity index (χ0) is 28.9. The van der Waals surface area contributed by atoms with Crippen molar-refractivity contribution in [3.05, 3.63) is 107 Å². The molecule has 1 amide bonds. The summed E-state index contributed by atoms with van der Waals surface area (Å²) in [5, 5.41) is 23.3. The number of carbonyl (C=O) groups is 1. The zero-order valence-corrected chi connectivity index (χ0v) is 22.7. The summed E-state index contributed by atoms with van der Waals surface area (Å²) in [4.78, 5) is 29.6. The summed E-state index contributed by atoms with van der Waals surface area (Å²) < 4.78 is 30.5. The minimum atomic E-state index is -3.82. The fourth-order valence-electron chi connectivity index (χ4n) is 4.03. The highest BCUT2D eigenvalue weighted by atomic mass is 32.2. The molecule has 0 saturated heterocycles. The fourth-order valence-corrected chi connectivity index (χ4v) is 4.81. The van der Waals surface area contributed by atoms with Crippen LogP contribution in [0.25, 0.3) is 11.1 Å². The molecule has 10 nitrogen and oxygen atoms in total. The van der Waals surface area contributed by atoms with Gasteiger partial charge in [-0.2, -0.15) is 0 Å². The van der Waals surface area contributed by atoms with Gasteiger partial charge in [0.25, 0.3) is 11.5 Å². The molecule has 0 aliphatic rings. The summed E-state index contributed by atoms with van der Waals surface area (Å²) in [5.74, 6) is 0.107. The molecule has 2 aromatic carbocycles. The van der Waals surface area contributed by atoms with Crippen LogP contribution in [0.1, 0.15) is 29.9 Å². The lowest BCUT2D eigenvalue weighted by Crippen LogP contribution is -2.48. The molecule has 2 atom stereocenters. The van der Waals surface area contributed by atoms with Crippen LogP contribution < -0.4 is 15.6 Å². The van der Waals surface area contributed by atoms with Gasteiger partial charge < -0.3 is 20.3 Å². The highest BCUT2D eigenvalue weighted by Crippen LogP contribution is 2.28. The molecule has 2 unspecified atom stereocenters. The number of para-hydroxylation sites is 1. The van der Waals surface area contributed by atoms with Gasteiger partial charge in [0.05, 0.1) is 10.3 Å². The van der Waals surface area contributed by atoms with Crippen molar-refractivity contribution in [1.82, 2.24) is 14.9 Å². The Balaban J connectivity index is 1.48. The van der Waals surface area contributed by atoms with Crippen molar-refractivity contribution in [2.75, 3.05) is 12.8 Å². The van der Waals surface area contributed by atoms with E-state index in [-0.39, 0.29) is 24.3 Å². The van der Waals surface area contributed by atoms with E-state index in [2.05, 4.69) is 10.3 Å². The largest absolute Gasteiger partial charge is 0.507 e. The van der Waals surface area contributed by atoms with Crippen LogP contribution in [-0.4, -0.2) is 51.6 Å². The molecule has 0 aliphatic carbocycles. The van der Waals surface area contributed by atoms with Crippen LogP contribution in [0.2, 0.25) is 0 Å². The average molecular weight is 564 g/mol. The number of carbonyl (C=O) groups excluding carboxylic acids is 1. The van der Waals surface area contributed by atoms with E-state index >= 15 is 0 Å². The molecule has 2 aromatic heterocycles. The number of phenols is 1. The first-order valence-corrected chi connectivity index (χ1v) is 14.2. The number of ether oxygens (including phenoxy) is 1. The van der Waals surface area contributed by atoms with Crippen molar-refractivity contribution < 1.29 is 28.2 Å². The van der Waals surface area contributed by atoms with Crippen LogP contribution in [0.5, 0.6) is 17.4 Å². The van der Waals surface area contributed by atoms with Crippen molar-refractivity contribution in [1.29, 1.82) is 0 Å². The quantitative estimate of drug-likeness (QED) is 0.266. The molecule has 0 aliphatic heterocycles. The van der Waals surface area contributed by atoms with Gasteiger partial charge in [0.2, 0.25) is 5.88 Å². The van der Waals surface area contributed by atoms with Crippen LogP contribution in [0.4, 0.5) is 0 Å². The van der Waals surface area contributed by atoms with Gasteiger partial charge in [0.15, 0.2) is 9.84 Å². The fraction of sp³-hybridized carbons (Fsp3) is 0.207. The van der Waals surface area contributed by atoms with Crippen molar-refractivity contribution >= 4 is 15.7 Å². The molecule has 0 bridgehead atoms. The predicted molar refractivity (Wildman–Crippen MR) is 150 cm³/mol. The summed E-state index contributed by atoms with van der Waals surface area (Å²) >= 11 is 0. The maximum atomic E-state index is 12.9. The van der Waals surface area contributed by atoms with Gasteiger partial charge in [0.1, 0.15) is 17.7 Å². The summed E-state index contributed by atoms with van der Waals surface area (Å²) in [5.41, 5.74) is 0.786. The van der Waals surface area contributed by atoms with E-state index in [1.165, 1.54) is 31.3 Å². The Morgan fingerprint density at radius 3 is 2.38 bits per heavy atom. The van der Waals surface area contributed by atoms with Gasteiger partial charge in [-0.15, -0.1) is 0 Å². The number of hydrogen-bond donors (Lipinski definition) is 3. The minimum Gasteiger partial charge on any atom is -0.507 e. The topological polar surface area (TPSA) is 148 Å². The first kappa shape index (κ1) is 28.5. The molecular formula is C29H29N3O7S. The van der Waals surface area contributed by atoms with E-state index in [9.17, 15) is 28.2 Å². The molecule has 0 saturated carbocycles. The Morgan fingerprint density at radius 1 is 1.05 bits per heavy atom. The maximum Gasteiger partial charge on any atom is 0.255 e. The number of aliphatic hydroxyl groups is 1. The third-order valence-corrected chi connectivity index (χ3v) is 8.70. The van der Waals surface area contributed by atoms with E-state index in [0.29, 0.717) is 17.2 Å². The SMILES string of the molecule is CC(CNC(=O)c1ccccc1O)(CC(O)n1ccc(-c2ccc(Oc3ccccn3)cc2)cc1=O)S(C)(=O)=O. The number of pyridine rings is 2. The Kier molecular flexibility index (Phi) is 8.36. The molecule has 0 spiro atoms. The number of aliphatic hydroxyl groups excluding tert-OH is 1. The van der Waals surface area contributed by atoms with Gasteiger partial charge in [-0.25, -0.2) is 13.4 Å². The lowest BCUT2D eigenvalue weighted by Gasteiger charge is -2.30. The summed E-state index contributed by atoms with van der Waals surface area (Å²) in [7, 11) is -3.82. The van der Waals surface area contributed by atoms with Crippen LogP contribution >= 0.6 is 0 Å². The van der Waals surface area contributed by atoms with Crippen LogP contribution in [0, 0.1) is 0 Å². The Labute approximate surface area is 231 Å². The highest BCUT2D eigenvalue weighted by Gasteiger charge is 2.39. The number of phenolic OH excluding ortho intramolecular Hbond substituents is 1. The number of amides is 1. The molecule has 4 aromatic rings. The van der Waals surface area contributed by atoms with E-state index in [0.717, 1.165) is 16.4 Å². The third-order valence-electron chi connectivity index (χ3n) is 6.60. The standard InChI is InChI=1S/C29H29N3O7S/c1-29(40(2,37)38,19-31-28(36)23-7-3-4-8-24(23)33)18-27(35)32-16-14-21(17-26(32)34)20-10-12-22(13-11-20)39-25-9-5-6-15-30-25/h3-17,27,33,35H,18-19H2,1-2H3,(H,31,36).